The third kappa shape index (κ3) is 8.01. The number of nitrogens with one attached hydrogen (secondary N) is 3. The predicted octanol–water partition coefficient (Wildman–Crippen LogP) is 4.69. The van der Waals surface area contributed by atoms with E-state index in [1.807, 2.05) is 19.1 Å². The first-order chi connectivity index (χ1) is 24.3. The molecular formula is C38H39N7O5. The summed E-state index contributed by atoms with van der Waals surface area (Å²) in [6, 6.07) is 18.2. The molecule has 2 aliphatic rings. The van der Waals surface area contributed by atoms with Gasteiger partial charge in [-0.2, -0.15) is 5.26 Å². The maximum absolute atomic E-state index is 13.9. The second-order valence-electron chi connectivity index (χ2n) is 12.6. The van der Waals surface area contributed by atoms with E-state index in [9.17, 15) is 24.4 Å². The molecule has 2 saturated heterocycles. The Morgan fingerprint density at radius 1 is 0.940 bits per heavy atom. The molecule has 2 aromatic heterocycles. The van der Waals surface area contributed by atoms with Gasteiger partial charge in [0.15, 0.2) is 0 Å². The fourth-order valence-electron chi connectivity index (χ4n) is 6.29. The van der Waals surface area contributed by atoms with Crippen molar-refractivity contribution in [2.45, 2.75) is 51.6 Å². The van der Waals surface area contributed by atoms with E-state index in [-0.39, 0.29) is 41.2 Å². The number of hydrogen-bond donors (Lipinski definition) is 3. The first-order valence-corrected chi connectivity index (χ1v) is 16.9. The highest BCUT2D eigenvalue weighted by Crippen LogP contribution is 2.25. The molecule has 2 aliphatic heterocycles. The van der Waals surface area contributed by atoms with Gasteiger partial charge in [0, 0.05) is 60.8 Å². The predicted molar refractivity (Wildman–Crippen MR) is 187 cm³/mol. The lowest BCUT2D eigenvalue weighted by Gasteiger charge is -2.28. The molecule has 50 heavy (non-hydrogen) atoms. The number of hydrogen-bond acceptors (Lipinski definition) is 9. The molecule has 4 aromatic rings. The monoisotopic (exact) mass is 673 g/mol. The van der Waals surface area contributed by atoms with Crippen LogP contribution in [0.25, 0.3) is 11.0 Å². The van der Waals surface area contributed by atoms with Gasteiger partial charge in [0.05, 0.1) is 6.54 Å². The van der Waals surface area contributed by atoms with Gasteiger partial charge in [0.25, 0.3) is 5.91 Å². The summed E-state index contributed by atoms with van der Waals surface area (Å²) >= 11 is 0. The molecule has 0 saturated carbocycles. The van der Waals surface area contributed by atoms with Gasteiger partial charge < -0.3 is 30.2 Å². The molecule has 0 aliphatic carbocycles. The summed E-state index contributed by atoms with van der Waals surface area (Å²) in [4.78, 5) is 60.9. The van der Waals surface area contributed by atoms with Gasteiger partial charge in [0.1, 0.15) is 34.8 Å². The number of rotatable bonds is 11. The largest absolute Gasteiger partial charge is 0.461 e. The number of carbonyl (C=O) groups is 4. The van der Waals surface area contributed by atoms with E-state index in [0.717, 1.165) is 36.0 Å². The lowest BCUT2D eigenvalue weighted by Crippen LogP contribution is -2.49. The van der Waals surface area contributed by atoms with Crippen molar-refractivity contribution in [1.29, 1.82) is 5.26 Å². The molecule has 6 rings (SSSR count). The molecule has 4 heterocycles. The van der Waals surface area contributed by atoms with Crippen LogP contribution in [0.1, 0.15) is 64.1 Å². The first kappa shape index (κ1) is 33.9. The Morgan fingerprint density at radius 3 is 2.40 bits per heavy atom. The van der Waals surface area contributed by atoms with Crippen molar-refractivity contribution in [3.8, 4) is 6.07 Å². The van der Waals surface area contributed by atoms with Crippen LogP contribution in [0.3, 0.4) is 0 Å². The number of nitriles is 1. The number of furan rings is 1. The van der Waals surface area contributed by atoms with E-state index >= 15 is 0 Å². The number of carbonyl (C=O) groups excluding carboxylic acids is 4. The molecule has 0 radical (unpaired) electrons. The average molecular weight is 674 g/mol. The number of Topliss-reactive ketones (excluding diaryl/α,β-unsaturated/α-hetero) is 1. The van der Waals surface area contributed by atoms with Crippen LogP contribution in [0, 0.1) is 18.3 Å². The van der Waals surface area contributed by atoms with Gasteiger partial charge >= 0.3 is 0 Å². The molecule has 0 spiro atoms. The van der Waals surface area contributed by atoms with Gasteiger partial charge in [-0.25, -0.2) is 0 Å². The Hall–Kier alpha value is -5.96. The normalized spacial score (nSPS) is 16.7. The van der Waals surface area contributed by atoms with E-state index < -0.39 is 11.8 Å². The van der Waals surface area contributed by atoms with E-state index in [1.54, 1.807) is 46.5 Å². The number of aromatic nitrogens is 1. The number of ketones is 1. The van der Waals surface area contributed by atoms with E-state index in [4.69, 9.17) is 4.42 Å². The number of pyridine rings is 1. The van der Waals surface area contributed by atoms with Gasteiger partial charge in [-0.1, -0.05) is 12.1 Å². The highest BCUT2D eigenvalue weighted by molar-refractivity contribution is 6.12. The molecule has 2 fully saturated rings. The number of anilines is 1. The van der Waals surface area contributed by atoms with Crippen molar-refractivity contribution >= 4 is 40.2 Å². The summed E-state index contributed by atoms with van der Waals surface area (Å²) in [6.07, 6.45) is 7.11. The van der Waals surface area contributed by atoms with Crippen molar-refractivity contribution in [3.63, 3.8) is 0 Å². The summed E-state index contributed by atoms with van der Waals surface area (Å²) in [6.45, 7) is 4.01. The van der Waals surface area contributed by atoms with Crippen molar-refractivity contribution < 1.29 is 23.6 Å². The van der Waals surface area contributed by atoms with Crippen LogP contribution in [0.15, 0.2) is 88.9 Å². The number of benzene rings is 2. The van der Waals surface area contributed by atoms with E-state index in [1.165, 1.54) is 24.3 Å². The van der Waals surface area contributed by atoms with Gasteiger partial charge in [-0.15, -0.1) is 0 Å². The first-order valence-electron chi connectivity index (χ1n) is 16.9. The van der Waals surface area contributed by atoms with E-state index in [2.05, 4.69) is 27.0 Å². The molecule has 3 N–H and O–H groups in total. The summed E-state index contributed by atoms with van der Waals surface area (Å²) < 4.78 is 5.71. The minimum absolute atomic E-state index is 0.00742. The number of likely N-dealkylation sites (tertiary alicyclic amines) is 2. The lowest BCUT2D eigenvalue weighted by atomic mass is 10.0. The molecule has 1 atom stereocenters. The van der Waals surface area contributed by atoms with E-state index in [0.29, 0.717) is 55.9 Å². The Labute approximate surface area is 290 Å². The Balaban J connectivity index is 1.26. The Bertz CT molecular complexity index is 1960. The summed E-state index contributed by atoms with van der Waals surface area (Å²) in [5.74, 6) is -0.430. The van der Waals surface area contributed by atoms with Crippen LogP contribution in [0.5, 0.6) is 0 Å². The molecule has 0 bridgehead atoms. The van der Waals surface area contributed by atoms with Crippen LogP contribution in [-0.4, -0.2) is 70.5 Å². The second-order valence-corrected chi connectivity index (χ2v) is 12.6. The van der Waals surface area contributed by atoms with Crippen molar-refractivity contribution in [2.75, 3.05) is 31.5 Å². The highest BCUT2D eigenvalue weighted by atomic mass is 16.3. The zero-order chi connectivity index (χ0) is 35.0. The molecule has 3 amide bonds. The van der Waals surface area contributed by atoms with Crippen molar-refractivity contribution in [2.24, 2.45) is 0 Å². The van der Waals surface area contributed by atoms with Gasteiger partial charge in [-0.3, -0.25) is 24.2 Å². The quantitative estimate of drug-likeness (QED) is 0.117. The summed E-state index contributed by atoms with van der Waals surface area (Å²) in [5, 5.41) is 20.5. The molecular weight excluding hydrogens is 634 g/mol. The van der Waals surface area contributed by atoms with Crippen molar-refractivity contribution in [1.82, 2.24) is 25.4 Å². The van der Waals surface area contributed by atoms with Gasteiger partial charge in [-0.05, 0) is 93.1 Å². The minimum atomic E-state index is -0.783. The number of allylic oxidation sites excluding steroid dienone is 1. The maximum atomic E-state index is 13.9. The Morgan fingerprint density at radius 2 is 1.66 bits per heavy atom. The molecule has 2 aromatic carbocycles. The van der Waals surface area contributed by atoms with Crippen LogP contribution in [0.4, 0.5) is 5.69 Å². The molecule has 12 heteroatoms. The molecule has 12 nitrogen and oxygen atoms in total. The highest BCUT2D eigenvalue weighted by Gasteiger charge is 2.32. The van der Waals surface area contributed by atoms with Crippen LogP contribution in [-0.2, 0) is 16.1 Å². The number of amides is 3. The summed E-state index contributed by atoms with van der Waals surface area (Å²) in [7, 11) is 0. The fourth-order valence-corrected chi connectivity index (χ4v) is 6.29. The zero-order valence-electron chi connectivity index (χ0n) is 27.9. The third-order valence-corrected chi connectivity index (χ3v) is 8.99. The van der Waals surface area contributed by atoms with Crippen LogP contribution >= 0.6 is 0 Å². The third-order valence-electron chi connectivity index (χ3n) is 8.99. The second kappa shape index (κ2) is 15.5. The van der Waals surface area contributed by atoms with Crippen LogP contribution in [0.2, 0.25) is 0 Å². The Kier molecular flexibility index (Phi) is 10.5. The number of aryl methyl sites for hydroxylation is 1. The zero-order valence-corrected chi connectivity index (χ0v) is 27.9. The topological polar surface area (TPSA) is 161 Å². The average Bonchev–Trinajstić information content (AvgIpc) is 3.77. The smallest absolute Gasteiger partial charge is 0.251 e. The molecule has 256 valence electrons. The van der Waals surface area contributed by atoms with Crippen molar-refractivity contribution in [3.05, 3.63) is 107 Å². The number of nitrogens with zero attached hydrogens (tertiary/aromatic N) is 4. The minimum Gasteiger partial charge on any atom is -0.461 e. The maximum Gasteiger partial charge on any atom is 0.251 e. The fraction of sp³-hybridized carbons (Fsp3) is 0.316. The SMILES string of the molecule is Cc1cc2cc(N/C(N[C@H]3CCCCN(CC(=O)N4CCCC4)C3=O)=C(\C#N)C(=O)c3ccc(C(=O)NCc4ccncc4)cc3)ccc2o1. The molecule has 0 unspecified atom stereocenters. The summed E-state index contributed by atoms with van der Waals surface area (Å²) in [5.41, 5.74) is 2.47. The van der Waals surface area contributed by atoms with Gasteiger partial charge in [0.2, 0.25) is 17.6 Å². The standard InChI is InChI=1S/C38H39N7O5/c1-25-20-29-21-30(11-12-33(29)50-25)42-36(43-32-6-2-3-19-45(38(32)49)24-34(46)44-17-4-5-18-44)31(22-39)35(47)27-7-9-28(10-8-27)37(48)41-23-26-13-15-40-16-14-26/h7-16,20-21,32,42-43H,2-6,17-19,23-24H2,1H3,(H,41,48)/b36-31-/t32-/m0/s1. The number of fused-ring (bicyclic) bond motifs is 1. The van der Waals surface area contributed by atoms with Crippen LogP contribution < -0.4 is 16.0 Å². The lowest BCUT2D eigenvalue weighted by molar-refractivity contribution is -0.140.